The van der Waals surface area contributed by atoms with Gasteiger partial charge in [0.25, 0.3) is 0 Å². The Morgan fingerprint density at radius 1 is 1.64 bits per heavy atom. The van der Waals surface area contributed by atoms with Crippen molar-refractivity contribution in [3.63, 3.8) is 0 Å². The van der Waals surface area contributed by atoms with E-state index in [9.17, 15) is 4.79 Å². The van der Waals surface area contributed by atoms with Gasteiger partial charge in [0.05, 0.1) is 12.7 Å². The molecule has 2 atom stereocenters. The number of carbonyl (C=O) groups is 1. The largest absolute Gasteiger partial charge is 0.465 e. The molecule has 1 amide bonds. The zero-order valence-corrected chi connectivity index (χ0v) is 6.19. The molecule has 0 aliphatic carbocycles. The summed E-state index contributed by atoms with van der Waals surface area (Å²) in [4.78, 5) is 11.9. The van der Waals surface area contributed by atoms with Crippen LogP contribution in [0.1, 0.15) is 6.42 Å². The number of hydrogen-bond acceptors (Lipinski definition) is 2. The molecule has 4 heteroatoms. The normalized spacial score (nSPS) is 35.8. The molecule has 0 aromatic heterocycles. The Hall–Kier alpha value is -0.770. The highest BCUT2D eigenvalue weighted by molar-refractivity contribution is 5.65. The van der Waals surface area contributed by atoms with Crippen molar-refractivity contribution in [1.82, 2.24) is 4.90 Å². The molecular weight excluding hydrogens is 146 g/mol. The average molecular weight is 157 g/mol. The van der Waals surface area contributed by atoms with Crippen LogP contribution in [0.25, 0.3) is 0 Å². The number of epoxide rings is 1. The lowest BCUT2D eigenvalue weighted by Crippen LogP contribution is -2.27. The number of rotatable bonds is 1. The van der Waals surface area contributed by atoms with Crippen molar-refractivity contribution in [2.24, 2.45) is 5.92 Å². The zero-order valence-electron chi connectivity index (χ0n) is 6.19. The molecule has 2 aliphatic rings. The molecule has 2 heterocycles. The van der Waals surface area contributed by atoms with Gasteiger partial charge in [-0.2, -0.15) is 0 Å². The summed E-state index contributed by atoms with van der Waals surface area (Å²) < 4.78 is 5.10. The van der Waals surface area contributed by atoms with Gasteiger partial charge in [0.1, 0.15) is 0 Å². The second-order valence-electron chi connectivity index (χ2n) is 3.15. The van der Waals surface area contributed by atoms with E-state index in [1.54, 1.807) is 0 Å². The topological polar surface area (TPSA) is 53.1 Å². The van der Waals surface area contributed by atoms with E-state index in [2.05, 4.69) is 0 Å². The maximum absolute atomic E-state index is 10.5. The van der Waals surface area contributed by atoms with E-state index in [1.165, 1.54) is 4.90 Å². The molecule has 2 fully saturated rings. The van der Waals surface area contributed by atoms with Crippen molar-refractivity contribution in [3.8, 4) is 0 Å². The van der Waals surface area contributed by atoms with Gasteiger partial charge in [-0.1, -0.05) is 0 Å². The van der Waals surface area contributed by atoms with E-state index >= 15 is 0 Å². The third-order valence-electron chi connectivity index (χ3n) is 2.38. The van der Waals surface area contributed by atoms with Crippen LogP contribution >= 0.6 is 0 Å². The SMILES string of the molecule is O=C(O)N1CC[C@H](C2CO2)C1. The van der Waals surface area contributed by atoms with Crippen molar-refractivity contribution in [2.45, 2.75) is 12.5 Å². The van der Waals surface area contributed by atoms with E-state index < -0.39 is 6.09 Å². The van der Waals surface area contributed by atoms with Crippen LogP contribution in [0.2, 0.25) is 0 Å². The molecule has 2 saturated heterocycles. The fourth-order valence-electron chi connectivity index (χ4n) is 1.59. The lowest BCUT2D eigenvalue weighted by molar-refractivity contribution is 0.153. The van der Waals surface area contributed by atoms with Crippen molar-refractivity contribution >= 4 is 6.09 Å². The van der Waals surface area contributed by atoms with E-state index in [1.807, 2.05) is 0 Å². The van der Waals surface area contributed by atoms with Gasteiger partial charge >= 0.3 is 6.09 Å². The summed E-state index contributed by atoms with van der Waals surface area (Å²) in [6, 6.07) is 0. The first-order valence-electron chi connectivity index (χ1n) is 3.87. The Balaban J connectivity index is 1.87. The molecule has 0 spiro atoms. The van der Waals surface area contributed by atoms with Crippen LogP contribution in [0.15, 0.2) is 0 Å². The van der Waals surface area contributed by atoms with Crippen LogP contribution in [0.3, 0.4) is 0 Å². The minimum absolute atomic E-state index is 0.361. The molecule has 2 aliphatic heterocycles. The minimum Gasteiger partial charge on any atom is -0.465 e. The fraction of sp³-hybridized carbons (Fsp3) is 0.857. The summed E-state index contributed by atoms with van der Waals surface area (Å²) >= 11 is 0. The van der Waals surface area contributed by atoms with Gasteiger partial charge in [-0.15, -0.1) is 0 Å². The highest BCUT2D eigenvalue weighted by Crippen LogP contribution is 2.28. The number of hydrogen-bond donors (Lipinski definition) is 1. The standard InChI is InChI=1S/C7H11NO3/c9-7(10)8-2-1-5(3-8)6-4-11-6/h5-6H,1-4H2,(H,9,10)/t5-,6?/m0/s1. The molecule has 0 aromatic carbocycles. The van der Waals surface area contributed by atoms with Crippen molar-refractivity contribution in [2.75, 3.05) is 19.7 Å². The monoisotopic (exact) mass is 157 g/mol. The Morgan fingerprint density at radius 2 is 2.36 bits per heavy atom. The van der Waals surface area contributed by atoms with Gasteiger partial charge in [0.2, 0.25) is 0 Å². The van der Waals surface area contributed by atoms with Gasteiger partial charge in [0, 0.05) is 19.0 Å². The predicted molar refractivity (Wildman–Crippen MR) is 37.4 cm³/mol. The smallest absolute Gasteiger partial charge is 0.407 e. The van der Waals surface area contributed by atoms with Gasteiger partial charge in [-0.3, -0.25) is 0 Å². The maximum Gasteiger partial charge on any atom is 0.407 e. The summed E-state index contributed by atoms with van der Waals surface area (Å²) in [6.45, 7) is 2.18. The first-order chi connectivity index (χ1) is 5.27. The number of likely N-dealkylation sites (tertiary alicyclic amines) is 1. The molecular formula is C7H11NO3. The molecule has 0 aromatic rings. The zero-order chi connectivity index (χ0) is 7.84. The van der Waals surface area contributed by atoms with E-state index in [-0.39, 0.29) is 0 Å². The Labute approximate surface area is 64.7 Å². The molecule has 11 heavy (non-hydrogen) atoms. The Bertz CT molecular complexity index is 179. The van der Waals surface area contributed by atoms with Crippen LogP contribution in [0, 0.1) is 5.92 Å². The maximum atomic E-state index is 10.5. The number of carboxylic acid groups (broad SMARTS) is 1. The van der Waals surface area contributed by atoms with Gasteiger partial charge < -0.3 is 14.7 Å². The van der Waals surface area contributed by atoms with Crippen molar-refractivity contribution in [3.05, 3.63) is 0 Å². The van der Waals surface area contributed by atoms with Crippen LogP contribution < -0.4 is 0 Å². The third-order valence-corrected chi connectivity index (χ3v) is 2.38. The second-order valence-corrected chi connectivity index (χ2v) is 3.15. The lowest BCUT2D eigenvalue weighted by Gasteiger charge is -2.10. The average Bonchev–Trinajstić information content (AvgIpc) is 2.68. The van der Waals surface area contributed by atoms with Gasteiger partial charge in [-0.05, 0) is 6.42 Å². The molecule has 0 saturated carbocycles. The van der Waals surface area contributed by atoms with E-state index in [0.717, 1.165) is 13.0 Å². The first-order valence-corrected chi connectivity index (χ1v) is 3.87. The van der Waals surface area contributed by atoms with Crippen LogP contribution in [-0.4, -0.2) is 41.9 Å². The quantitative estimate of drug-likeness (QED) is 0.560. The summed E-state index contributed by atoms with van der Waals surface area (Å²) in [5.41, 5.74) is 0. The van der Waals surface area contributed by atoms with Crippen LogP contribution in [-0.2, 0) is 4.74 Å². The summed E-state index contributed by atoms with van der Waals surface area (Å²) in [6.07, 6.45) is 0.532. The molecule has 1 unspecified atom stereocenters. The van der Waals surface area contributed by atoms with Crippen LogP contribution in [0.5, 0.6) is 0 Å². The summed E-state index contributed by atoms with van der Waals surface area (Å²) in [7, 11) is 0. The summed E-state index contributed by atoms with van der Waals surface area (Å²) in [5, 5.41) is 8.62. The molecule has 2 rings (SSSR count). The summed E-state index contributed by atoms with van der Waals surface area (Å²) in [5.74, 6) is 0.464. The fourth-order valence-corrected chi connectivity index (χ4v) is 1.59. The number of amides is 1. The molecule has 0 radical (unpaired) electrons. The van der Waals surface area contributed by atoms with E-state index in [4.69, 9.17) is 9.84 Å². The first kappa shape index (κ1) is 6.91. The molecule has 1 N–H and O–H groups in total. The highest BCUT2D eigenvalue weighted by Gasteiger charge is 2.38. The predicted octanol–water partition coefficient (Wildman–Crippen LogP) is 0.385. The van der Waals surface area contributed by atoms with Crippen LogP contribution in [0.4, 0.5) is 4.79 Å². The Kier molecular flexibility index (Phi) is 1.49. The van der Waals surface area contributed by atoms with Gasteiger partial charge in [-0.25, -0.2) is 4.79 Å². The minimum atomic E-state index is -0.798. The van der Waals surface area contributed by atoms with Crippen molar-refractivity contribution in [1.29, 1.82) is 0 Å². The number of nitrogens with zero attached hydrogens (tertiary/aromatic N) is 1. The van der Waals surface area contributed by atoms with Crippen molar-refractivity contribution < 1.29 is 14.6 Å². The van der Waals surface area contributed by atoms with E-state index in [0.29, 0.717) is 25.1 Å². The molecule has 4 nitrogen and oxygen atoms in total. The molecule has 0 bridgehead atoms. The Morgan fingerprint density at radius 3 is 2.82 bits per heavy atom. The second kappa shape index (κ2) is 2.37. The lowest BCUT2D eigenvalue weighted by atomic mass is 10.1. The third kappa shape index (κ3) is 1.30. The highest BCUT2D eigenvalue weighted by atomic mass is 16.6. The number of ether oxygens (including phenoxy) is 1. The van der Waals surface area contributed by atoms with Gasteiger partial charge in [0.15, 0.2) is 0 Å². The molecule has 62 valence electrons.